The first-order chi connectivity index (χ1) is 18.1. The second kappa shape index (κ2) is 12.3. The molecule has 1 fully saturated rings. The van der Waals surface area contributed by atoms with Gasteiger partial charge >= 0.3 is 7.12 Å². The molecule has 1 aromatic heterocycles. The maximum atomic E-state index is 6.58. The standard InChI is InChI=1S/C31H50BNO5Si/c1-12-19-35-28-21-23(16-17-27(28)34-9)25-14-13-15-26(33-25)24(18-20-36-39(10,11)29(2,3)4)22-32-37-30(5,6)31(7,8)38-32/h13-17,21,24H,12,18-20,22H2,1-11H3. The summed E-state index contributed by atoms with van der Waals surface area (Å²) in [5.74, 6) is 1.59. The summed E-state index contributed by atoms with van der Waals surface area (Å²) in [5.41, 5.74) is 2.18. The van der Waals surface area contributed by atoms with Crippen LogP contribution in [0, 0.1) is 0 Å². The molecule has 3 rings (SSSR count). The second-order valence-electron chi connectivity index (χ2n) is 13.2. The Kier molecular flexibility index (Phi) is 10.0. The number of nitrogens with zero attached hydrogens (tertiary/aromatic N) is 1. The number of pyridine rings is 1. The summed E-state index contributed by atoms with van der Waals surface area (Å²) in [6, 6.07) is 12.2. The fourth-order valence-corrected chi connectivity index (χ4v) is 5.41. The highest BCUT2D eigenvalue weighted by Crippen LogP contribution is 2.41. The molecule has 2 aromatic rings. The Bertz CT molecular complexity index is 1080. The molecule has 0 aliphatic carbocycles. The first kappa shape index (κ1) is 31.7. The highest BCUT2D eigenvalue weighted by molar-refractivity contribution is 6.74. The SMILES string of the molecule is CCCOc1cc(-c2cccc(C(CCO[Si](C)(C)C(C)(C)C)CB3OC(C)(C)C(C)(C)O3)n2)ccc1OC. The molecule has 0 radical (unpaired) electrons. The minimum Gasteiger partial charge on any atom is -0.493 e. The lowest BCUT2D eigenvalue weighted by Gasteiger charge is -2.36. The lowest BCUT2D eigenvalue weighted by atomic mass is 9.75. The molecule has 6 nitrogen and oxygen atoms in total. The van der Waals surface area contributed by atoms with Gasteiger partial charge in [-0.25, -0.2) is 0 Å². The molecule has 216 valence electrons. The van der Waals surface area contributed by atoms with Gasteiger partial charge in [-0.2, -0.15) is 0 Å². The summed E-state index contributed by atoms with van der Waals surface area (Å²) in [5, 5.41) is 0.165. The Morgan fingerprint density at radius 1 is 0.974 bits per heavy atom. The molecule has 2 heterocycles. The van der Waals surface area contributed by atoms with E-state index in [9.17, 15) is 0 Å². The predicted octanol–water partition coefficient (Wildman–Crippen LogP) is 8.13. The van der Waals surface area contributed by atoms with E-state index in [-0.39, 0.29) is 29.3 Å². The van der Waals surface area contributed by atoms with Gasteiger partial charge in [0.15, 0.2) is 19.8 Å². The van der Waals surface area contributed by atoms with Crippen molar-refractivity contribution in [1.82, 2.24) is 4.98 Å². The van der Waals surface area contributed by atoms with Gasteiger partial charge in [-0.1, -0.05) is 33.8 Å². The van der Waals surface area contributed by atoms with Crippen molar-refractivity contribution in [2.24, 2.45) is 0 Å². The van der Waals surface area contributed by atoms with Crippen molar-refractivity contribution in [3.8, 4) is 22.8 Å². The van der Waals surface area contributed by atoms with Gasteiger partial charge < -0.3 is 23.2 Å². The smallest absolute Gasteiger partial charge is 0.458 e. The van der Waals surface area contributed by atoms with E-state index in [1.807, 2.05) is 24.3 Å². The molecule has 1 unspecified atom stereocenters. The minimum absolute atomic E-state index is 0.124. The van der Waals surface area contributed by atoms with E-state index in [1.165, 1.54) is 0 Å². The predicted molar refractivity (Wildman–Crippen MR) is 163 cm³/mol. The molecular weight excluding hydrogens is 505 g/mol. The first-order valence-corrected chi connectivity index (χ1v) is 17.3. The summed E-state index contributed by atoms with van der Waals surface area (Å²) < 4.78 is 30.9. The maximum Gasteiger partial charge on any atom is 0.458 e. The van der Waals surface area contributed by atoms with Crippen LogP contribution in [0.5, 0.6) is 11.5 Å². The molecule has 0 spiro atoms. The lowest BCUT2D eigenvalue weighted by molar-refractivity contribution is 0.00578. The summed E-state index contributed by atoms with van der Waals surface area (Å²) in [6.07, 6.45) is 2.50. The van der Waals surface area contributed by atoms with Gasteiger partial charge in [0.1, 0.15) is 0 Å². The number of benzene rings is 1. The van der Waals surface area contributed by atoms with Crippen LogP contribution in [0.4, 0.5) is 0 Å². The van der Waals surface area contributed by atoms with Crippen LogP contribution >= 0.6 is 0 Å². The van der Waals surface area contributed by atoms with Crippen LogP contribution in [0.3, 0.4) is 0 Å². The summed E-state index contributed by atoms with van der Waals surface area (Å²) in [4.78, 5) is 5.15. The van der Waals surface area contributed by atoms with Crippen molar-refractivity contribution in [1.29, 1.82) is 0 Å². The van der Waals surface area contributed by atoms with Crippen LogP contribution in [-0.4, -0.2) is 51.9 Å². The van der Waals surface area contributed by atoms with E-state index in [1.54, 1.807) is 7.11 Å². The molecule has 0 bridgehead atoms. The fourth-order valence-electron chi connectivity index (χ4n) is 4.35. The highest BCUT2D eigenvalue weighted by Gasteiger charge is 2.51. The molecule has 0 N–H and O–H groups in total. The van der Waals surface area contributed by atoms with E-state index >= 15 is 0 Å². The Labute approximate surface area is 238 Å². The molecule has 1 saturated heterocycles. The van der Waals surface area contributed by atoms with Crippen molar-refractivity contribution >= 4 is 15.4 Å². The first-order valence-electron chi connectivity index (χ1n) is 14.4. The number of methoxy groups -OCH3 is 1. The largest absolute Gasteiger partial charge is 0.493 e. The number of hydrogen-bond acceptors (Lipinski definition) is 6. The van der Waals surface area contributed by atoms with Crippen molar-refractivity contribution in [2.75, 3.05) is 20.3 Å². The topological polar surface area (TPSA) is 59.0 Å². The zero-order valence-corrected chi connectivity index (χ0v) is 27.1. The fraction of sp³-hybridized carbons (Fsp3) is 0.645. The van der Waals surface area contributed by atoms with Gasteiger partial charge in [0.05, 0.1) is 30.6 Å². The van der Waals surface area contributed by atoms with Crippen LogP contribution in [0.15, 0.2) is 36.4 Å². The number of ether oxygens (including phenoxy) is 2. The molecular formula is C31H50BNO5Si. The lowest BCUT2D eigenvalue weighted by Crippen LogP contribution is -2.41. The molecule has 39 heavy (non-hydrogen) atoms. The van der Waals surface area contributed by atoms with Gasteiger partial charge in [0.25, 0.3) is 0 Å². The van der Waals surface area contributed by atoms with Crippen LogP contribution in [0.2, 0.25) is 24.5 Å². The summed E-state index contributed by atoms with van der Waals surface area (Å²) >= 11 is 0. The third-order valence-corrected chi connectivity index (χ3v) is 13.2. The Morgan fingerprint density at radius 3 is 2.23 bits per heavy atom. The maximum absolute atomic E-state index is 6.58. The Balaban J connectivity index is 1.89. The van der Waals surface area contributed by atoms with Gasteiger partial charge in [-0.05, 0) is 95.3 Å². The van der Waals surface area contributed by atoms with Crippen molar-refractivity contribution in [3.05, 3.63) is 42.1 Å². The van der Waals surface area contributed by atoms with Crippen molar-refractivity contribution in [2.45, 2.75) is 110 Å². The quantitative estimate of drug-likeness (QED) is 0.247. The molecule has 1 atom stereocenters. The molecule has 0 saturated carbocycles. The van der Waals surface area contributed by atoms with Crippen LogP contribution in [-0.2, 0) is 13.7 Å². The van der Waals surface area contributed by atoms with Crippen LogP contribution in [0.1, 0.15) is 79.8 Å². The van der Waals surface area contributed by atoms with Gasteiger partial charge in [0, 0.05) is 23.8 Å². The van der Waals surface area contributed by atoms with Gasteiger partial charge in [0.2, 0.25) is 0 Å². The second-order valence-corrected chi connectivity index (χ2v) is 18.0. The van der Waals surface area contributed by atoms with E-state index in [0.29, 0.717) is 13.2 Å². The number of hydrogen-bond donors (Lipinski definition) is 0. The molecule has 8 heteroatoms. The van der Waals surface area contributed by atoms with Gasteiger partial charge in [-0.3, -0.25) is 4.98 Å². The zero-order chi connectivity index (χ0) is 29.1. The number of aromatic nitrogens is 1. The van der Waals surface area contributed by atoms with Crippen LogP contribution in [0.25, 0.3) is 11.3 Å². The van der Waals surface area contributed by atoms with Crippen molar-refractivity contribution in [3.63, 3.8) is 0 Å². The van der Waals surface area contributed by atoms with E-state index < -0.39 is 8.32 Å². The van der Waals surface area contributed by atoms with E-state index in [0.717, 1.165) is 47.6 Å². The third-order valence-electron chi connectivity index (χ3n) is 8.62. The van der Waals surface area contributed by atoms with Crippen LogP contribution < -0.4 is 9.47 Å². The average Bonchev–Trinajstić information content (AvgIpc) is 3.06. The van der Waals surface area contributed by atoms with E-state index in [2.05, 4.69) is 80.6 Å². The number of rotatable bonds is 12. The minimum atomic E-state index is -1.86. The molecule has 1 aromatic carbocycles. The monoisotopic (exact) mass is 555 g/mol. The molecule has 0 amide bonds. The summed E-state index contributed by atoms with van der Waals surface area (Å²) in [7, 11) is -0.494. The average molecular weight is 556 g/mol. The van der Waals surface area contributed by atoms with Gasteiger partial charge in [-0.15, -0.1) is 0 Å². The van der Waals surface area contributed by atoms with Crippen molar-refractivity contribution < 1.29 is 23.2 Å². The Hall–Kier alpha value is -1.87. The molecule has 1 aliphatic heterocycles. The third kappa shape index (κ3) is 7.66. The Morgan fingerprint density at radius 2 is 1.64 bits per heavy atom. The normalized spacial score (nSPS) is 17.8. The summed E-state index contributed by atoms with van der Waals surface area (Å²) in [6.45, 7) is 23.3. The van der Waals surface area contributed by atoms with E-state index in [4.69, 9.17) is 28.2 Å². The highest BCUT2D eigenvalue weighted by atomic mass is 28.4. The molecule has 1 aliphatic rings. The zero-order valence-electron chi connectivity index (χ0n) is 26.1.